The van der Waals surface area contributed by atoms with Crippen molar-refractivity contribution in [3.8, 4) is 6.07 Å². The summed E-state index contributed by atoms with van der Waals surface area (Å²) < 4.78 is 7.60. The quantitative estimate of drug-likeness (QED) is 0.857. The van der Waals surface area contributed by atoms with E-state index in [2.05, 4.69) is 21.4 Å². The number of hydrogen-bond donors (Lipinski definition) is 1. The Kier molecular flexibility index (Phi) is 4.94. The lowest BCUT2D eigenvalue weighted by molar-refractivity contribution is -0.125. The molecule has 23 heavy (non-hydrogen) atoms. The molecule has 3 rings (SSSR count). The molecular weight excluding hydrogens is 294 g/mol. The van der Waals surface area contributed by atoms with Gasteiger partial charge in [-0.25, -0.2) is 0 Å². The summed E-state index contributed by atoms with van der Waals surface area (Å²) in [5.41, 5.74) is -0.641. The third-order valence-corrected chi connectivity index (χ3v) is 4.59. The number of carbonyl (C=O) groups excluding carboxylic acids is 1. The molecule has 0 unspecified atom stereocenters. The molecule has 2 heterocycles. The summed E-state index contributed by atoms with van der Waals surface area (Å²) in [4.78, 5) is 14.4. The standard InChI is InChI=1S/C16H23N5O2/c17-13-16(4-1-2-5-16)19-15(22)12-20-8-9-23-14(10-20)11-21-7-3-6-18-21/h3,6-7,14H,1-2,4-5,8-12H2,(H,19,22)/t14-/m0/s1. The Morgan fingerprint density at radius 2 is 2.30 bits per heavy atom. The summed E-state index contributed by atoms with van der Waals surface area (Å²) in [6.45, 7) is 3.06. The van der Waals surface area contributed by atoms with E-state index < -0.39 is 5.54 Å². The van der Waals surface area contributed by atoms with Crippen molar-refractivity contribution in [2.24, 2.45) is 0 Å². The van der Waals surface area contributed by atoms with Gasteiger partial charge in [0, 0.05) is 25.5 Å². The Bertz CT molecular complexity index is 560. The molecule has 7 nitrogen and oxygen atoms in total. The molecule has 2 aliphatic rings. The summed E-state index contributed by atoms with van der Waals surface area (Å²) in [6, 6.07) is 4.18. The molecule has 7 heteroatoms. The second-order valence-corrected chi connectivity index (χ2v) is 6.41. The Morgan fingerprint density at radius 1 is 1.48 bits per heavy atom. The van der Waals surface area contributed by atoms with E-state index in [4.69, 9.17) is 4.74 Å². The van der Waals surface area contributed by atoms with Crippen LogP contribution in [0.4, 0.5) is 0 Å². The van der Waals surface area contributed by atoms with Crippen LogP contribution in [-0.2, 0) is 16.1 Å². The number of nitriles is 1. The van der Waals surface area contributed by atoms with Crippen LogP contribution in [0.2, 0.25) is 0 Å². The highest BCUT2D eigenvalue weighted by Gasteiger charge is 2.35. The molecule has 2 fully saturated rings. The number of ether oxygens (including phenoxy) is 1. The molecule has 0 radical (unpaired) electrons. The smallest absolute Gasteiger partial charge is 0.235 e. The number of aromatic nitrogens is 2. The maximum absolute atomic E-state index is 12.3. The van der Waals surface area contributed by atoms with Crippen LogP contribution in [0.3, 0.4) is 0 Å². The monoisotopic (exact) mass is 317 g/mol. The molecule has 124 valence electrons. The molecule has 1 N–H and O–H groups in total. The number of carbonyl (C=O) groups is 1. The number of hydrogen-bond acceptors (Lipinski definition) is 5. The van der Waals surface area contributed by atoms with Gasteiger partial charge in [-0.1, -0.05) is 0 Å². The van der Waals surface area contributed by atoms with Gasteiger partial charge in [0.15, 0.2) is 0 Å². The van der Waals surface area contributed by atoms with E-state index in [1.807, 2.05) is 16.9 Å². The average Bonchev–Trinajstić information content (AvgIpc) is 3.20. The maximum Gasteiger partial charge on any atom is 0.235 e. The first-order valence-corrected chi connectivity index (χ1v) is 8.23. The first-order valence-electron chi connectivity index (χ1n) is 8.23. The molecule has 0 aromatic carbocycles. The van der Waals surface area contributed by atoms with Crippen molar-refractivity contribution in [1.82, 2.24) is 20.0 Å². The van der Waals surface area contributed by atoms with Crippen LogP contribution < -0.4 is 5.32 Å². The van der Waals surface area contributed by atoms with Crippen LogP contribution >= 0.6 is 0 Å². The van der Waals surface area contributed by atoms with E-state index in [0.29, 0.717) is 26.2 Å². The maximum atomic E-state index is 12.3. The number of nitrogens with zero attached hydrogens (tertiary/aromatic N) is 4. The number of nitrogens with one attached hydrogen (secondary N) is 1. The van der Waals surface area contributed by atoms with Crippen molar-refractivity contribution in [1.29, 1.82) is 5.26 Å². The van der Waals surface area contributed by atoms with E-state index in [1.165, 1.54) is 0 Å². The number of morpholine rings is 1. The lowest BCUT2D eigenvalue weighted by Crippen LogP contribution is -2.52. The molecule has 0 bridgehead atoms. The van der Waals surface area contributed by atoms with Crippen LogP contribution in [-0.4, -0.2) is 58.5 Å². The van der Waals surface area contributed by atoms with Crippen molar-refractivity contribution < 1.29 is 9.53 Å². The normalized spacial score (nSPS) is 24.2. The van der Waals surface area contributed by atoms with Gasteiger partial charge in [-0.15, -0.1) is 0 Å². The van der Waals surface area contributed by atoms with Gasteiger partial charge < -0.3 is 10.1 Å². The molecule has 1 aliphatic heterocycles. The Hall–Kier alpha value is -1.91. The van der Waals surface area contributed by atoms with E-state index in [0.717, 1.165) is 32.2 Å². The van der Waals surface area contributed by atoms with Crippen LogP contribution in [0.15, 0.2) is 18.5 Å². The second-order valence-electron chi connectivity index (χ2n) is 6.41. The molecule has 1 atom stereocenters. The molecule has 1 amide bonds. The zero-order valence-corrected chi connectivity index (χ0v) is 13.3. The average molecular weight is 317 g/mol. The first kappa shape index (κ1) is 16.0. The summed E-state index contributed by atoms with van der Waals surface area (Å²) in [7, 11) is 0. The van der Waals surface area contributed by atoms with Crippen molar-refractivity contribution >= 4 is 5.91 Å². The minimum Gasteiger partial charge on any atom is -0.374 e. The first-order chi connectivity index (χ1) is 11.2. The highest BCUT2D eigenvalue weighted by Crippen LogP contribution is 2.28. The molecule has 1 aromatic heterocycles. The topological polar surface area (TPSA) is 83.2 Å². The van der Waals surface area contributed by atoms with Gasteiger partial charge in [-0.05, 0) is 31.7 Å². The van der Waals surface area contributed by atoms with Crippen molar-refractivity contribution in [2.45, 2.75) is 43.9 Å². The fourth-order valence-electron chi connectivity index (χ4n) is 3.40. The van der Waals surface area contributed by atoms with Gasteiger partial charge in [0.25, 0.3) is 0 Å². The van der Waals surface area contributed by atoms with Crippen LogP contribution in [0.1, 0.15) is 25.7 Å². The van der Waals surface area contributed by atoms with Crippen molar-refractivity contribution in [2.75, 3.05) is 26.2 Å². The van der Waals surface area contributed by atoms with Gasteiger partial charge in [-0.3, -0.25) is 14.4 Å². The predicted octanol–water partition coefficient (Wildman–Crippen LogP) is 0.536. The lowest BCUT2D eigenvalue weighted by atomic mass is 10.00. The molecular formula is C16H23N5O2. The third kappa shape index (κ3) is 4.09. The van der Waals surface area contributed by atoms with Crippen molar-refractivity contribution in [3.63, 3.8) is 0 Å². The van der Waals surface area contributed by atoms with Gasteiger partial charge in [0.2, 0.25) is 5.91 Å². The third-order valence-electron chi connectivity index (χ3n) is 4.59. The highest BCUT2D eigenvalue weighted by atomic mass is 16.5. The van der Waals surface area contributed by atoms with Crippen LogP contribution in [0.25, 0.3) is 0 Å². The van der Waals surface area contributed by atoms with E-state index in [1.54, 1.807) is 6.20 Å². The summed E-state index contributed by atoms with van der Waals surface area (Å²) in [6.07, 6.45) is 7.24. The summed E-state index contributed by atoms with van der Waals surface area (Å²) in [5, 5.41) is 16.5. The van der Waals surface area contributed by atoms with E-state index in [9.17, 15) is 10.1 Å². The van der Waals surface area contributed by atoms with Gasteiger partial charge in [-0.2, -0.15) is 10.4 Å². The zero-order valence-electron chi connectivity index (χ0n) is 13.3. The molecule has 1 saturated carbocycles. The van der Waals surface area contributed by atoms with E-state index in [-0.39, 0.29) is 12.0 Å². The Balaban J connectivity index is 1.49. The number of amides is 1. The molecule has 0 spiro atoms. The van der Waals surface area contributed by atoms with Gasteiger partial charge in [0.05, 0.1) is 31.9 Å². The summed E-state index contributed by atoms with van der Waals surface area (Å²) in [5.74, 6) is -0.0619. The highest BCUT2D eigenvalue weighted by molar-refractivity contribution is 5.79. The molecule has 1 aromatic rings. The minimum absolute atomic E-state index is 0.0351. The van der Waals surface area contributed by atoms with Crippen LogP contribution in [0, 0.1) is 11.3 Å². The number of rotatable bonds is 5. The van der Waals surface area contributed by atoms with Crippen molar-refractivity contribution in [3.05, 3.63) is 18.5 Å². The largest absolute Gasteiger partial charge is 0.374 e. The van der Waals surface area contributed by atoms with Gasteiger partial charge >= 0.3 is 0 Å². The predicted molar refractivity (Wildman–Crippen MR) is 83.4 cm³/mol. The summed E-state index contributed by atoms with van der Waals surface area (Å²) >= 11 is 0. The lowest BCUT2D eigenvalue weighted by Gasteiger charge is -2.33. The Labute approximate surface area is 136 Å². The van der Waals surface area contributed by atoms with Gasteiger partial charge in [0.1, 0.15) is 5.54 Å². The Morgan fingerprint density at radius 3 is 3.00 bits per heavy atom. The van der Waals surface area contributed by atoms with E-state index >= 15 is 0 Å². The molecule has 1 saturated heterocycles. The second kappa shape index (κ2) is 7.11. The van der Waals surface area contributed by atoms with Crippen LogP contribution in [0.5, 0.6) is 0 Å². The fraction of sp³-hybridized carbons (Fsp3) is 0.688. The minimum atomic E-state index is -0.641. The zero-order chi connectivity index (χ0) is 16.1. The SMILES string of the molecule is N#CC1(NC(=O)CN2CCO[C@H](Cn3cccn3)C2)CCCC1. The molecule has 1 aliphatic carbocycles. The fourth-order valence-corrected chi connectivity index (χ4v) is 3.40.